The first-order chi connectivity index (χ1) is 7.74. The van der Waals surface area contributed by atoms with E-state index in [0.29, 0.717) is 12.0 Å². The summed E-state index contributed by atoms with van der Waals surface area (Å²) in [5.74, 6) is 1.54. The van der Waals surface area contributed by atoms with Gasteiger partial charge < -0.3 is 10.8 Å². The first-order valence-corrected chi connectivity index (χ1v) is 6.86. The largest absolute Gasteiger partial charge is 0.392 e. The maximum absolute atomic E-state index is 9.64. The van der Waals surface area contributed by atoms with Crippen LogP contribution in [-0.4, -0.2) is 41.8 Å². The quantitative estimate of drug-likeness (QED) is 0.760. The minimum Gasteiger partial charge on any atom is -0.392 e. The van der Waals surface area contributed by atoms with Gasteiger partial charge in [-0.2, -0.15) is 0 Å². The molecule has 0 bridgehead atoms. The molecule has 0 radical (unpaired) electrons. The molecule has 1 aliphatic heterocycles. The van der Waals surface area contributed by atoms with Crippen molar-refractivity contribution in [3.8, 4) is 0 Å². The monoisotopic (exact) mass is 226 g/mol. The predicted molar refractivity (Wildman–Crippen MR) is 66.2 cm³/mol. The van der Waals surface area contributed by atoms with Crippen molar-refractivity contribution >= 4 is 0 Å². The molecule has 4 unspecified atom stereocenters. The van der Waals surface area contributed by atoms with E-state index in [1.165, 1.54) is 25.7 Å². The molecule has 1 saturated heterocycles. The van der Waals surface area contributed by atoms with Gasteiger partial charge in [0.1, 0.15) is 0 Å². The Morgan fingerprint density at radius 3 is 2.69 bits per heavy atom. The topological polar surface area (TPSA) is 49.5 Å². The van der Waals surface area contributed by atoms with Gasteiger partial charge in [0.05, 0.1) is 6.10 Å². The number of nitrogens with zero attached hydrogens (tertiary/aromatic N) is 1. The summed E-state index contributed by atoms with van der Waals surface area (Å²) < 4.78 is 0. The molecule has 0 amide bonds. The van der Waals surface area contributed by atoms with Crippen molar-refractivity contribution in [3.05, 3.63) is 0 Å². The van der Waals surface area contributed by atoms with Crippen molar-refractivity contribution in [2.75, 3.05) is 19.6 Å². The SMILES string of the molecule is CCC1CCC(CN)C(N2CCC(O)C2)C1. The highest BCUT2D eigenvalue weighted by Crippen LogP contribution is 2.34. The fourth-order valence-corrected chi connectivity index (χ4v) is 3.46. The molecule has 2 aliphatic rings. The van der Waals surface area contributed by atoms with Gasteiger partial charge in [-0.15, -0.1) is 0 Å². The molecule has 2 fully saturated rings. The third-order valence-corrected chi connectivity index (χ3v) is 4.61. The van der Waals surface area contributed by atoms with Crippen molar-refractivity contribution in [2.24, 2.45) is 17.6 Å². The van der Waals surface area contributed by atoms with E-state index in [-0.39, 0.29) is 6.10 Å². The van der Waals surface area contributed by atoms with Crippen molar-refractivity contribution in [1.82, 2.24) is 4.90 Å². The summed E-state index contributed by atoms with van der Waals surface area (Å²) in [4.78, 5) is 2.49. The third kappa shape index (κ3) is 2.58. The van der Waals surface area contributed by atoms with Gasteiger partial charge in [-0.3, -0.25) is 4.90 Å². The molecule has 2 rings (SSSR count). The summed E-state index contributed by atoms with van der Waals surface area (Å²) in [6, 6.07) is 0.640. The smallest absolute Gasteiger partial charge is 0.0679 e. The van der Waals surface area contributed by atoms with Crippen LogP contribution in [0.15, 0.2) is 0 Å². The molecule has 0 aromatic carbocycles. The summed E-state index contributed by atoms with van der Waals surface area (Å²) in [6.07, 6.45) is 6.08. The second-order valence-corrected chi connectivity index (χ2v) is 5.59. The Hall–Kier alpha value is -0.120. The van der Waals surface area contributed by atoms with Gasteiger partial charge in [0.15, 0.2) is 0 Å². The Labute approximate surface area is 99.0 Å². The second kappa shape index (κ2) is 5.48. The molecule has 3 N–H and O–H groups in total. The lowest BCUT2D eigenvalue weighted by molar-refractivity contribution is 0.0849. The summed E-state index contributed by atoms with van der Waals surface area (Å²) in [7, 11) is 0. The zero-order valence-corrected chi connectivity index (χ0v) is 10.4. The van der Waals surface area contributed by atoms with Gasteiger partial charge in [-0.05, 0) is 37.6 Å². The van der Waals surface area contributed by atoms with Crippen LogP contribution in [0.5, 0.6) is 0 Å². The molecule has 1 saturated carbocycles. The fraction of sp³-hybridized carbons (Fsp3) is 1.00. The van der Waals surface area contributed by atoms with Gasteiger partial charge in [0.2, 0.25) is 0 Å². The highest BCUT2D eigenvalue weighted by molar-refractivity contribution is 4.90. The van der Waals surface area contributed by atoms with Gasteiger partial charge >= 0.3 is 0 Å². The van der Waals surface area contributed by atoms with Crippen LogP contribution in [-0.2, 0) is 0 Å². The van der Waals surface area contributed by atoms with Crippen molar-refractivity contribution in [1.29, 1.82) is 0 Å². The van der Waals surface area contributed by atoms with E-state index in [9.17, 15) is 5.11 Å². The van der Waals surface area contributed by atoms with E-state index in [4.69, 9.17) is 5.73 Å². The zero-order valence-electron chi connectivity index (χ0n) is 10.4. The Kier molecular flexibility index (Phi) is 4.22. The van der Waals surface area contributed by atoms with E-state index in [1.807, 2.05) is 0 Å². The number of hydrogen-bond donors (Lipinski definition) is 2. The molecule has 94 valence electrons. The Balaban J connectivity index is 1.97. The van der Waals surface area contributed by atoms with Crippen LogP contribution in [0, 0.1) is 11.8 Å². The van der Waals surface area contributed by atoms with Crippen molar-refractivity contribution in [2.45, 2.75) is 51.2 Å². The average molecular weight is 226 g/mol. The lowest BCUT2D eigenvalue weighted by atomic mass is 9.76. The summed E-state index contributed by atoms with van der Waals surface area (Å²) in [5.41, 5.74) is 5.89. The standard InChI is InChI=1S/C13H26N2O/c1-2-10-3-4-11(8-14)13(7-10)15-6-5-12(16)9-15/h10-13,16H,2-9,14H2,1H3. The average Bonchev–Trinajstić information content (AvgIpc) is 2.75. The third-order valence-electron chi connectivity index (χ3n) is 4.61. The van der Waals surface area contributed by atoms with Crippen LogP contribution in [0.3, 0.4) is 0 Å². The summed E-state index contributed by atoms with van der Waals surface area (Å²) in [6.45, 7) is 5.05. The summed E-state index contributed by atoms with van der Waals surface area (Å²) >= 11 is 0. The molecule has 3 nitrogen and oxygen atoms in total. The van der Waals surface area contributed by atoms with Crippen molar-refractivity contribution in [3.63, 3.8) is 0 Å². The number of rotatable bonds is 3. The van der Waals surface area contributed by atoms with E-state index in [0.717, 1.165) is 32.0 Å². The second-order valence-electron chi connectivity index (χ2n) is 5.59. The van der Waals surface area contributed by atoms with Crippen LogP contribution in [0.25, 0.3) is 0 Å². The van der Waals surface area contributed by atoms with Crippen LogP contribution in [0.2, 0.25) is 0 Å². The van der Waals surface area contributed by atoms with E-state index in [2.05, 4.69) is 11.8 Å². The van der Waals surface area contributed by atoms with Crippen molar-refractivity contribution < 1.29 is 5.11 Å². The number of nitrogens with two attached hydrogens (primary N) is 1. The first-order valence-electron chi connectivity index (χ1n) is 6.86. The lowest BCUT2D eigenvalue weighted by Gasteiger charge is -2.40. The molecule has 0 spiro atoms. The Bertz CT molecular complexity index is 222. The predicted octanol–water partition coefficient (Wildman–Crippen LogP) is 1.21. The molecule has 4 atom stereocenters. The van der Waals surface area contributed by atoms with Gasteiger partial charge in [-0.25, -0.2) is 0 Å². The molecule has 16 heavy (non-hydrogen) atoms. The molecule has 1 aliphatic carbocycles. The highest BCUT2D eigenvalue weighted by Gasteiger charge is 2.35. The summed E-state index contributed by atoms with van der Waals surface area (Å²) in [5, 5.41) is 9.64. The number of hydrogen-bond acceptors (Lipinski definition) is 3. The van der Waals surface area contributed by atoms with E-state index in [1.54, 1.807) is 0 Å². The minimum absolute atomic E-state index is 0.0968. The number of β-amino-alcohol motifs (C(OH)–C–C–N with tert-alkyl or cyclic N) is 1. The molecular formula is C13H26N2O. The van der Waals surface area contributed by atoms with Crippen LogP contribution in [0.4, 0.5) is 0 Å². The molecule has 0 aromatic rings. The normalized spacial score (nSPS) is 41.4. The number of likely N-dealkylation sites (tertiary alicyclic amines) is 1. The molecule has 1 heterocycles. The maximum Gasteiger partial charge on any atom is 0.0679 e. The number of aliphatic hydroxyl groups is 1. The highest BCUT2D eigenvalue weighted by atomic mass is 16.3. The molecular weight excluding hydrogens is 200 g/mol. The van der Waals surface area contributed by atoms with Crippen LogP contribution in [0.1, 0.15) is 39.0 Å². The maximum atomic E-state index is 9.64. The van der Waals surface area contributed by atoms with Gasteiger partial charge in [-0.1, -0.05) is 19.8 Å². The molecule has 3 heteroatoms. The zero-order chi connectivity index (χ0) is 11.5. The molecule has 0 aromatic heterocycles. The van der Waals surface area contributed by atoms with E-state index < -0.39 is 0 Å². The first kappa shape index (κ1) is 12.3. The Morgan fingerprint density at radius 2 is 2.12 bits per heavy atom. The minimum atomic E-state index is -0.0968. The number of aliphatic hydroxyl groups excluding tert-OH is 1. The van der Waals surface area contributed by atoms with Crippen LogP contribution < -0.4 is 5.73 Å². The van der Waals surface area contributed by atoms with Crippen LogP contribution >= 0.6 is 0 Å². The lowest BCUT2D eigenvalue weighted by Crippen LogP contribution is -2.46. The van der Waals surface area contributed by atoms with Gasteiger partial charge in [0, 0.05) is 19.1 Å². The van der Waals surface area contributed by atoms with E-state index >= 15 is 0 Å². The van der Waals surface area contributed by atoms with Gasteiger partial charge in [0.25, 0.3) is 0 Å². The Morgan fingerprint density at radius 1 is 1.31 bits per heavy atom. The fourth-order valence-electron chi connectivity index (χ4n) is 3.46.